The summed E-state index contributed by atoms with van der Waals surface area (Å²) in [7, 11) is 0. The maximum Gasteiger partial charge on any atom is 0.272 e. The molecule has 0 unspecified atom stereocenters. The molecule has 0 saturated heterocycles. The quantitative estimate of drug-likeness (QED) is 0.253. The Kier molecular flexibility index (Phi) is 6.73. The van der Waals surface area contributed by atoms with Crippen molar-refractivity contribution in [3.8, 4) is 0 Å². The fraction of sp³-hybridized carbons (Fsp3) is 0.0385. The molecule has 7 heteroatoms. The number of amides is 2. The van der Waals surface area contributed by atoms with Gasteiger partial charge >= 0.3 is 0 Å². The van der Waals surface area contributed by atoms with E-state index in [9.17, 15) is 9.59 Å². The zero-order chi connectivity index (χ0) is 23.4. The third-order valence-corrected chi connectivity index (χ3v) is 5.64. The maximum absolute atomic E-state index is 12.7. The number of hydrogen-bond acceptors (Lipinski definition) is 3. The Balaban J connectivity index is 1.44. The summed E-state index contributed by atoms with van der Waals surface area (Å²) in [4.78, 5) is 25.1. The number of carbonyl (C=O) groups is 2. The Hall–Kier alpha value is -3.67. The lowest BCUT2D eigenvalue weighted by Gasteiger charge is -2.09. The fourth-order valence-electron chi connectivity index (χ4n) is 3.35. The van der Waals surface area contributed by atoms with Crippen LogP contribution in [0.4, 0.5) is 5.69 Å². The van der Waals surface area contributed by atoms with E-state index in [-0.39, 0.29) is 16.8 Å². The molecule has 4 aromatic carbocycles. The van der Waals surface area contributed by atoms with Crippen molar-refractivity contribution in [2.45, 2.75) is 6.92 Å². The molecule has 0 bridgehead atoms. The van der Waals surface area contributed by atoms with E-state index in [1.807, 2.05) is 48.5 Å². The second-order valence-corrected chi connectivity index (χ2v) is 8.16. The molecular formula is C26H19Cl2N3O2. The van der Waals surface area contributed by atoms with Crippen molar-refractivity contribution < 1.29 is 9.59 Å². The van der Waals surface area contributed by atoms with E-state index in [1.54, 1.807) is 37.3 Å². The molecule has 0 aliphatic rings. The topological polar surface area (TPSA) is 70.6 Å². The van der Waals surface area contributed by atoms with Crippen LogP contribution in [0.15, 0.2) is 90.0 Å². The van der Waals surface area contributed by atoms with Gasteiger partial charge in [-0.2, -0.15) is 5.10 Å². The van der Waals surface area contributed by atoms with Gasteiger partial charge in [0.15, 0.2) is 0 Å². The van der Waals surface area contributed by atoms with Crippen LogP contribution < -0.4 is 10.7 Å². The summed E-state index contributed by atoms with van der Waals surface area (Å²) in [6.45, 7) is 1.80. The smallest absolute Gasteiger partial charge is 0.272 e. The van der Waals surface area contributed by atoms with E-state index >= 15 is 0 Å². The molecule has 0 aliphatic heterocycles. The number of benzene rings is 4. The summed E-state index contributed by atoms with van der Waals surface area (Å²) in [5, 5.41) is 9.63. The SMILES string of the molecule is CC(=NNC(=O)c1cccc2ccccc12)c1ccc(NC(=O)c2ccc(Cl)cc2Cl)cc1. The number of nitrogens with one attached hydrogen (secondary N) is 2. The predicted molar refractivity (Wildman–Crippen MR) is 134 cm³/mol. The van der Waals surface area contributed by atoms with Gasteiger partial charge in [-0.05, 0) is 59.7 Å². The molecule has 5 nitrogen and oxygen atoms in total. The first-order chi connectivity index (χ1) is 15.9. The number of hydrazone groups is 1. The average Bonchev–Trinajstić information content (AvgIpc) is 2.82. The molecule has 2 amide bonds. The van der Waals surface area contributed by atoms with Crippen LogP contribution in [0.5, 0.6) is 0 Å². The highest BCUT2D eigenvalue weighted by Gasteiger charge is 2.12. The van der Waals surface area contributed by atoms with Crippen LogP contribution in [0.3, 0.4) is 0 Å². The molecule has 0 aromatic heterocycles. The minimum atomic E-state index is -0.336. The summed E-state index contributed by atoms with van der Waals surface area (Å²) in [6.07, 6.45) is 0. The lowest BCUT2D eigenvalue weighted by atomic mass is 10.0. The second-order valence-electron chi connectivity index (χ2n) is 7.32. The largest absolute Gasteiger partial charge is 0.322 e. The summed E-state index contributed by atoms with van der Waals surface area (Å²) >= 11 is 12.0. The molecule has 2 N–H and O–H groups in total. The molecule has 0 fully saturated rings. The summed E-state index contributed by atoms with van der Waals surface area (Å²) in [5.41, 5.74) is 5.54. The highest BCUT2D eigenvalue weighted by atomic mass is 35.5. The minimum absolute atomic E-state index is 0.279. The van der Waals surface area contributed by atoms with Crippen LogP contribution in [0, 0.1) is 0 Å². The van der Waals surface area contributed by atoms with Crippen molar-refractivity contribution in [3.63, 3.8) is 0 Å². The highest BCUT2D eigenvalue weighted by molar-refractivity contribution is 6.37. The van der Waals surface area contributed by atoms with Crippen LogP contribution in [0.2, 0.25) is 10.0 Å². The number of nitrogens with zero attached hydrogens (tertiary/aromatic N) is 1. The third kappa shape index (κ3) is 5.22. The van der Waals surface area contributed by atoms with Gasteiger partial charge in [0.2, 0.25) is 0 Å². The van der Waals surface area contributed by atoms with Crippen molar-refractivity contribution >= 4 is 57.2 Å². The Morgan fingerprint density at radius 3 is 2.27 bits per heavy atom. The van der Waals surface area contributed by atoms with Crippen molar-refractivity contribution in [1.82, 2.24) is 5.43 Å². The molecule has 0 radical (unpaired) electrons. The molecule has 0 atom stereocenters. The standard InChI is InChI=1S/C26H19Cl2N3O2/c1-16(30-31-26(33)22-8-4-6-18-5-2-3-7-21(18)22)17-9-12-20(13-10-17)29-25(32)23-14-11-19(27)15-24(23)28/h2-15H,1H3,(H,29,32)(H,31,33). The van der Waals surface area contributed by atoms with Gasteiger partial charge in [-0.3, -0.25) is 9.59 Å². The fourth-order valence-corrected chi connectivity index (χ4v) is 3.84. The van der Waals surface area contributed by atoms with Crippen LogP contribution >= 0.6 is 23.2 Å². The number of halogens is 2. The Morgan fingerprint density at radius 2 is 1.52 bits per heavy atom. The van der Waals surface area contributed by atoms with Gasteiger partial charge in [0.05, 0.1) is 16.3 Å². The van der Waals surface area contributed by atoms with Crippen molar-refractivity contribution in [2.75, 3.05) is 5.32 Å². The molecule has 0 saturated carbocycles. The Morgan fingerprint density at radius 1 is 0.788 bits per heavy atom. The number of anilines is 1. The lowest BCUT2D eigenvalue weighted by molar-refractivity contribution is 0.0955. The normalized spacial score (nSPS) is 11.3. The molecular weight excluding hydrogens is 457 g/mol. The van der Waals surface area contributed by atoms with Crippen molar-refractivity contribution in [2.24, 2.45) is 5.10 Å². The predicted octanol–water partition coefficient (Wildman–Crippen LogP) is 6.55. The number of rotatable bonds is 5. The summed E-state index contributed by atoms with van der Waals surface area (Å²) < 4.78 is 0. The minimum Gasteiger partial charge on any atom is -0.322 e. The van der Waals surface area contributed by atoms with Gasteiger partial charge < -0.3 is 5.32 Å². The lowest BCUT2D eigenvalue weighted by Crippen LogP contribution is -2.19. The molecule has 33 heavy (non-hydrogen) atoms. The number of fused-ring (bicyclic) bond motifs is 1. The molecule has 0 spiro atoms. The van der Waals surface area contributed by atoms with Gasteiger partial charge in [-0.25, -0.2) is 5.43 Å². The molecule has 4 aromatic rings. The molecule has 164 valence electrons. The van der Waals surface area contributed by atoms with E-state index in [2.05, 4.69) is 15.8 Å². The van der Waals surface area contributed by atoms with Crippen molar-refractivity contribution in [1.29, 1.82) is 0 Å². The first-order valence-corrected chi connectivity index (χ1v) is 10.9. The summed E-state index contributed by atoms with van der Waals surface area (Å²) in [6, 6.07) is 25.1. The first-order valence-electron chi connectivity index (χ1n) is 10.1. The van der Waals surface area contributed by atoms with E-state index in [1.165, 1.54) is 6.07 Å². The average molecular weight is 476 g/mol. The zero-order valence-corrected chi connectivity index (χ0v) is 19.1. The van der Waals surface area contributed by atoms with Crippen LogP contribution in [0.25, 0.3) is 10.8 Å². The number of hydrogen-bond donors (Lipinski definition) is 2. The maximum atomic E-state index is 12.7. The highest BCUT2D eigenvalue weighted by Crippen LogP contribution is 2.22. The van der Waals surface area contributed by atoms with Crippen LogP contribution in [-0.4, -0.2) is 17.5 Å². The monoisotopic (exact) mass is 475 g/mol. The van der Waals surface area contributed by atoms with E-state index < -0.39 is 0 Å². The van der Waals surface area contributed by atoms with E-state index in [4.69, 9.17) is 23.2 Å². The number of carbonyl (C=O) groups excluding carboxylic acids is 2. The Bertz CT molecular complexity index is 1380. The van der Waals surface area contributed by atoms with Gasteiger partial charge in [0, 0.05) is 16.3 Å². The zero-order valence-electron chi connectivity index (χ0n) is 17.6. The van der Waals surface area contributed by atoms with Gasteiger partial charge in [-0.1, -0.05) is 71.7 Å². The molecule has 4 rings (SSSR count). The molecule has 0 aliphatic carbocycles. The van der Waals surface area contributed by atoms with E-state index in [0.29, 0.717) is 27.5 Å². The summed E-state index contributed by atoms with van der Waals surface area (Å²) in [5.74, 6) is -0.618. The van der Waals surface area contributed by atoms with Gasteiger partial charge in [-0.15, -0.1) is 0 Å². The first kappa shape index (κ1) is 22.5. The Labute approximate surface area is 201 Å². The third-order valence-electron chi connectivity index (χ3n) is 5.10. The van der Waals surface area contributed by atoms with E-state index in [0.717, 1.165) is 16.3 Å². The van der Waals surface area contributed by atoms with Crippen LogP contribution in [0.1, 0.15) is 33.2 Å². The second kappa shape index (κ2) is 9.86. The van der Waals surface area contributed by atoms with Crippen molar-refractivity contribution in [3.05, 3.63) is 112 Å². The van der Waals surface area contributed by atoms with Crippen LogP contribution in [-0.2, 0) is 0 Å². The molecule has 0 heterocycles. The van der Waals surface area contributed by atoms with Gasteiger partial charge in [0.25, 0.3) is 11.8 Å². The van der Waals surface area contributed by atoms with Gasteiger partial charge in [0.1, 0.15) is 0 Å².